The summed E-state index contributed by atoms with van der Waals surface area (Å²) in [7, 11) is -4.15. The van der Waals surface area contributed by atoms with Gasteiger partial charge in [-0.2, -0.15) is 0 Å². The number of carbonyl (C=O) groups excluding carboxylic acids is 1. The highest BCUT2D eigenvalue weighted by atomic mass is 35.5. The van der Waals surface area contributed by atoms with E-state index >= 15 is 0 Å². The molecule has 0 fully saturated rings. The zero-order chi connectivity index (χ0) is 23.8. The van der Waals surface area contributed by atoms with Gasteiger partial charge in [-0.3, -0.25) is 4.79 Å². The molecule has 33 heavy (non-hydrogen) atoms. The minimum atomic E-state index is -4.15. The van der Waals surface area contributed by atoms with Crippen molar-refractivity contribution in [2.45, 2.75) is 37.8 Å². The Morgan fingerprint density at radius 2 is 1.61 bits per heavy atom. The van der Waals surface area contributed by atoms with E-state index in [1.807, 2.05) is 26.0 Å². The quantitative estimate of drug-likeness (QED) is 0.501. The molecule has 0 saturated heterocycles. The average molecular weight is 482 g/mol. The number of hydrogen-bond donors (Lipinski definition) is 1. The van der Waals surface area contributed by atoms with Gasteiger partial charge in [0.25, 0.3) is 5.91 Å². The normalized spacial score (nSPS) is 16.5. The van der Waals surface area contributed by atoms with Crippen LogP contribution in [-0.4, -0.2) is 24.3 Å². The Balaban J connectivity index is 1.86. The molecule has 4 rings (SSSR count). The molecule has 1 atom stereocenters. The van der Waals surface area contributed by atoms with Crippen molar-refractivity contribution in [1.29, 1.82) is 0 Å². The lowest BCUT2D eigenvalue weighted by molar-refractivity contribution is -0.130. The highest BCUT2D eigenvalue weighted by molar-refractivity contribution is 7.95. The number of benzene rings is 3. The first-order valence-corrected chi connectivity index (χ1v) is 12.5. The minimum absolute atomic E-state index is 0.0252. The van der Waals surface area contributed by atoms with Crippen LogP contribution in [0.4, 0.5) is 0 Å². The monoisotopic (exact) mass is 481 g/mol. The summed E-state index contributed by atoms with van der Waals surface area (Å²) in [5.74, 6) is -1.50. The van der Waals surface area contributed by atoms with Gasteiger partial charge in [-0.25, -0.2) is 8.42 Å². The second-order valence-corrected chi connectivity index (χ2v) is 10.4. The summed E-state index contributed by atoms with van der Waals surface area (Å²) in [6.07, 6.45) is 0.822. The Morgan fingerprint density at radius 1 is 0.970 bits per heavy atom. The van der Waals surface area contributed by atoms with Crippen molar-refractivity contribution in [1.82, 2.24) is 4.90 Å². The Labute approximate surface area is 198 Å². The molecule has 0 radical (unpaired) electrons. The van der Waals surface area contributed by atoms with Gasteiger partial charge in [0, 0.05) is 11.6 Å². The zero-order valence-corrected chi connectivity index (χ0v) is 19.9. The Kier molecular flexibility index (Phi) is 6.32. The fourth-order valence-electron chi connectivity index (χ4n) is 3.99. The molecule has 1 N–H and O–H groups in total. The smallest absolute Gasteiger partial charge is 0.290 e. The lowest BCUT2D eigenvalue weighted by Gasteiger charge is -2.27. The molecule has 1 aliphatic heterocycles. The molecule has 1 amide bonds. The van der Waals surface area contributed by atoms with Gasteiger partial charge in [-0.1, -0.05) is 78.7 Å². The number of amides is 1. The summed E-state index contributed by atoms with van der Waals surface area (Å²) in [5, 5.41) is 11.3. The van der Waals surface area contributed by atoms with Crippen molar-refractivity contribution in [2.24, 2.45) is 0 Å². The molecule has 3 aromatic rings. The largest absolute Gasteiger partial charge is 0.502 e. The number of aliphatic hydroxyl groups excluding tert-OH is 1. The lowest BCUT2D eigenvalue weighted by Crippen LogP contribution is -2.30. The molecular formula is C26H24ClNO4S. The van der Waals surface area contributed by atoms with Gasteiger partial charge in [0.2, 0.25) is 9.84 Å². The Bertz CT molecular complexity index is 1330. The first kappa shape index (κ1) is 23.1. The molecule has 1 heterocycles. The van der Waals surface area contributed by atoms with Gasteiger partial charge in [0.15, 0.2) is 5.76 Å². The highest BCUT2D eigenvalue weighted by Crippen LogP contribution is 2.43. The van der Waals surface area contributed by atoms with Gasteiger partial charge in [-0.05, 0) is 48.2 Å². The lowest BCUT2D eigenvalue weighted by atomic mass is 10.0. The fraction of sp³-hybridized carbons (Fsp3) is 0.192. The fourth-order valence-corrected chi connectivity index (χ4v) is 5.83. The van der Waals surface area contributed by atoms with Crippen molar-refractivity contribution in [2.75, 3.05) is 0 Å². The molecule has 1 unspecified atom stereocenters. The van der Waals surface area contributed by atoms with Gasteiger partial charge < -0.3 is 10.0 Å². The molecule has 1 aliphatic rings. The van der Waals surface area contributed by atoms with Crippen LogP contribution in [0.15, 0.2) is 88.4 Å². The first-order chi connectivity index (χ1) is 15.7. The highest BCUT2D eigenvalue weighted by Gasteiger charge is 2.46. The molecule has 3 aromatic carbocycles. The number of halogens is 1. The van der Waals surface area contributed by atoms with Crippen molar-refractivity contribution in [3.8, 4) is 0 Å². The first-order valence-electron chi connectivity index (χ1n) is 10.6. The summed E-state index contributed by atoms with van der Waals surface area (Å²) in [5.41, 5.74) is 3.24. The molecule has 0 aromatic heterocycles. The zero-order valence-electron chi connectivity index (χ0n) is 18.3. The van der Waals surface area contributed by atoms with Gasteiger partial charge in [0.05, 0.1) is 10.9 Å². The van der Waals surface area contributed by atoms with Crippen molar-refractivity contribution in [3.05, 3.63) is 111 Å². The van der Waals surface area contributed by atoms with Crippen LogP contribution in [0.2, 0.25) is 5.02 Å². The third kappa shape index (κ3) is 4.28. The molecule has 5 nitrogen and oxygen atoms in total. The van der Waals surface area contributed by atoms with E-state index in [2.05, 4.69) is 0 Å². The van der Waals surface area contributed by atoms with Crippen molar-refractivity contribution < 1.29 is 18.3 Å². The van der Waals surface area contributed by atoms with Crippen LogP contribution >= 0.6 is 11.6 Å². The maximum atomic E-state index is 13.7. The van der Waals surface area contributed by atoms with E-state index in [0.717, 1.165) is 17.5 Å². The molecule has 7 heteroatoms. The number of rotatable bonds is 6. The van der Waals surface area contributed by atoms with E-state index < -0.39 is 27.5 Å². The van der Waals surface area contributed by atoms with Crippen LogP contribution in [0.3, 0.4) is 0 Å². The van der Waals surface area contributed by atoms with E-state index in [1.165, 1.54) is 17.0 Å². The third-order valence-electron chi connectivity index (χ3n) is 5.88. The predicted octanol–water partition coefficient (Wildman–Crippen LogP) is 5.54. The van der Waals surface area contributed by atoms with E-state index in [9.17, 15) is 18.3 Å². The van der Waals surface area contributed by atoms with Crippen LogP contribution in [0.1, 0.15) is 35.2 Å². The van der Waals surface area contributed by atoms with E-state index in [1.54, 1.807) is 48.5 Å². The number of aliphatic hydroxyl groups is 1. The second-order valence-electron chi connectivity index (χ2n) is 8.05. The number of nitrogens with zero attached hydrogens (tertiary/aromatic N) is 1. The summed E-state index contributed by atoms with van der Waals surface area (Å²) in [6, 6.07) is 19.8. The molecule has 0 spiro atoms. The van der Waals surface area contributed by atoms with E-state index in [-0.39, 0.29) is 16.3 Å². The van der Waals surface area contributed by atoms with Crippen LogP contribution < -0.4 is 0 Å². The number of hydrogen-bond acceptors (Lipinski definition) is 4. The average Bonchev–Trinajstić information content (AvgIpc) is 3.06. The standard InChI is InChI=1S/C26H24ClNO4S/c1-3-18-10-12-19(13-11-18)23-25(33(31,32)21-14-8-17(2)9-15-21)24(29)26(30)28(23)16-20-6-4-5-7-22(20)27/h4-15,23,29H,3,16H2,1-2H3. The van der Waals surface area contributed by atoms with E-state index in [0.29, 0.717) is 16.1 Å². The summed E-state index contributed by atoms with van der Waals surface area (Å²) in [6.45, 7) is 3.93. The van der Waals surface area contributed by atoms with Crippen LogP contribution in [0.5, 0.6) is 0 Å². The van der Waals surface area contributed by atoms with Gasteiger partial charge >= 0.3 is 0 Å². The number of sulfone groups is 1. The third-order valence-corrected chi connectivity index (χ3v) is 8.14. The van der Waals surface area contributed by atoms with Crippen molar-refractivity contribution >= 4 is 27.3 Å². The maximum Gasteiger partial charge on any atom is 0.290 e. The van der Waals surface area contributed by atoms with E-state index in [4.69, 9.17) is 11.6 Å². The predicted molar refractivity (Wildman–Crippen MR) is 129 cm³/mol. The van der Waals surface area contributed by atoms with Crippen LogP contribution in [0.25, 0.3) is 0 Å². The number of carbonyl (C=O) groups is 1. The molecule has 0 aliphatic carbocycles. The van der Waals surface area contributed by atoms with Crippen LogP contribution in [0, 0.1) is 6.92 Å². The minimum Gasteiger partial charge on any atom is -0.502 e. The molecule has 0 saturated carbocycles. The summed E-state index contributed by atoms with van der Waals surface area (Å²) < 4.78 is 27.3. The SMILES string of the molecule is CCc1ccc(C2C(S(=O)(=O)c3ccc(C)cc3)=C(O)C(=O)N2Cc2ccccc2Cl)cc1. The molecular weight excluding hydrogens is 458 g/mol. The maximum absolute atomic E-state index is 13.7. The van der Waals surface area contributed by atoms with Crippen LogP contribution in [-0.2, 0) is 27.6 Å². The Morgan fingerprint density at radius 3 is 2.21 bits per heavy atom. The topological polar surface area (TPSA) is 74.7 Å². The van der Waals surface area contributed by atoms with Gasteiger partial charge in [-0.15, -0.1) is 0 Å². The molecule has 0 bridgehead atoms. The summed E-state index contributed by atoms with van der Waals surface area (Å²) >= 11 is 6.32. The van der Waals surface area contributed by atoms with Gasteiger partial charge in [0.1, 0.15) is 4.91 Å². The number of aryl methyl sites for hydroxylation is 2. The molecule has 170 valence electrons. The summed E-state index contributed by atoms with van der Waals surface area (Å²) in [4.78, 5) is 14.3. The second kappa shape index (κ2) is 9.04. The van der Waals surface area contributed by atoms with Crippen molar-refractivity contribution in [3.63, 3.8) is 0 Å². The Hall–Kier alpha value is -3.09.